The first kappa shape index (κ1) is 11.0. The van der Waals surface area contributed by atoms with Crippen LogP contribution in [0.4, 0.5) is 0 Å². The van der Waals surface area contributed by atoms with Crippen molar-refractivity contribution in [3.63, 3.8) is 0 Å². The van der Waals surface area contributed by atoms with E-state index in [1.54, 1.807) is 6.20 Å². The summed E-state index contributed by atoms with van der Waals surface area (Å²) in [5, 5.41) is 11.6. The van der Waals surface area contributed by atoms with E-state index in [1.807, 2.05) is 16.7 Å². The van der Waals surface area contributed by atoms with E-state index in [0.29, 0.717) is 5.78 Å². The summed E-state index contributed by atoms with van der Waals surface area (Å²) in [4.78, 5) is 4.13. The SMILES string of the molecule is CC(C)(C)NCCc1nnc2ncccn12. The quantitative estimate of drug-likeness (QED) is 0.838. The van der Waals surface area contributed by atoms with Gasteiger partial charge in [0.25, 0.3) is 5.78 Å². The molecule has 0 saturated heterocycles. The molecule has 0 aliphatic carbocycles. The molecule has 0 atom stereocenters. The number of hydrogen-bond donors (Lipinski definition) is 1. The molecule has 2 aromatic heterocycles. The Bertz CT molecular complexity index is 468. The maximum Gasteiger partial charge on any atom is 0.254 e. The van der Waals surface area contributed by atoms with Gasteiger partial charge >= 0.3 is 0 Å². The predicted octanol–water partition coefficient (Wildman–Crippen LogP) is 1.05. The van der Waals surface area contributed by atoms with E-state index in [4.69, 9.17) is 0 Å². The molecule has 5 nitrogen and oxygen atoms in total. The van der Waals surface area contributed by atoms with Gasteiger partial charge in [-0.05, 0) is 26.8 Å². The van der Waals surface area contributed by atoms with Crippen molar-refractivity contribution in [1.82, 2.24) is 24.9 Å². The van der Waals surface area contributed by atoms with E-state index in [0.717, 1.165) is 18.8 Å². The van der Waals surface area contributed by atoms with Crippen molar-refractivity contribution in [2.24, 2.45) is 0 Å². The minimum absolute atomic E-state index is 0.138. The van der Waals surface area contributed by atoms with Crippen molar-refractivity contribution in [3.05, 3.63) is 24.3 Å². The number of aromatic nitrogens is 4. The maximum absolute atomic E-state index is 4.13. The number of fused-ring (bicyclic) bond motifs is 1. The van der Waals surface area contributed by atoms with Crippen LogP contribution in [0.2, 0.25) is 0 Å². The van der Waals surface area contributed by atoms with Crippen LogP contribution in [0.25, 0.3) is 5.78 Å². The molecular weight excluding hydrogens is 202 g/mol. The highest BCUT2D eigenvalue weighted by atomic mass is 15.3. The number of rotatable bonds is 3. The van der Waals surface area contributed by atoms with E-state index in [9.17, 15) is 0 Å². The van der Waals surface area contributed by atoms with Gasteiger partial charge in [0.1, 0.15) is 5.82 Å². The van der Waals surface area contributed by atoms with E-state index >= 15 is 0 Å². The lowest BCUT2D eigenvalue weighted by atomic mass is 10.1. The molecule has 0 aliphatic rings. The topological polar surface area (TPSA) is 55.1 Å². The fourth-order valence-corrected chi connectivity index (χ4v) is 1.51. The third-order valence-electron chi connectivity index (χ3n) is 2.26. The summed E-state index contributed by atoms with van der Waals surface area (Å²) in [5.41, 5.74) is 0.138. The first-order chi connectivity index (χ1) is 7.56. The fraction of sp³-hybridized carbons (Fsp3) is 0.545. The third-order valence-corrected chi connectivity index (χ3v) is 2.26. The van der Waals surface area contributed by atoms with Gasteiger partial charge in [0.05, 0.1) is 0 Å². The molecule has 0 aromatic carbocycles. The van der Waals surface area contributed by atoms with Crippen LogP contribution in [-0.2, 0) is 6.42 Å². The first-order valence-electron chi connectivity index (χ1n) is 5.46. The highest BCUT2D eigenvalue weighted by Gasteiger charge is 2.10. The van der Waals surface area contributed by atoms with Gasteiger partial charge in [-0.3, -0.25) is 4.40 Å². The minimum atomic E-state index is 0.138. The van der Waals surface area contributed by atoms with Crippen LogP contribution in [0.15, 0.2) is 18.5 Å². The Morgan fingerprint density at radius 1 is 1.31 bits per heavy atom. The molecule has 0 saturated carbocycles. The zero-order valence-electron chi connectivity index (χ0n) is 9.94. The second-order valence-electron chi connectivity index (χ2n) is 4.83. The highest BCUT2D eigenvalue weighted by Crippen LogP contribution is 2.02. The van der Waals surface area contributed by atoms with E-state index < -0.39 is 0 Å². The van der Waals surface area contributed by atoms with Crippen molar-refractivity contribution >= 4 is 5.78 Å². The molecular formula is C11H17N5. The molecule has 2 aromatic rings. The van der Waals surface area contributed by atoms with Gasteiger partial charge in [0.2, 0.25) is 0 Å². The normalized spacial score (nSPS) is 12.2. The first-order valence-corrected chi connectivity index (χ1v) is 5.46. The summed E-state index contributed by atoms with van der Waals surface area (Å²) in [6.07, 6.45) is 4.51. The van der Waals surface area contributed by atoms with Gasteiger partial charge in [-0.15, -0.1) is 10.2 Å². The average Bonchev–Trinajstić information content (AvgIpc) is 2.60. The molecule has 0 spiro atoms. The minimum Gasteiger partial charge on any atom is -0.312 e. The second-order valence-corrected chi connectivity index (χ2v) is 4.83. The zero-order valence-corrected chi connectivity index (χ0v) is 9.94. The molecule has 0 unspecified atom stereocenters. The lowest BCUT2D eigenvalue weighted by Gasteiger charge is -2.19. The molecule has 0 bridgehead atoms. The smallest absolute Gasteiger partial charge is 0.254 e. The molecule has 86 valence electrons. The summed E-state index contributed by atoms with van der Waals surface area (Å²) in [5.74, 6) is 1.60. The van der Waals surface area contributed by atoms with Crippen molar-refractivity contribution < 1.29 is 0 Å². The molecule has 0 fully saturated rings. The van der Waals surface area contributed by atoms with Gasteiger partial charge in [0.15, 0.2) is 0 Å². The van der Waals surface area contributed by atoms with E-state index in [1.165, 1.54) is 0 Å². The highest BCUT2D eigenvalue weighted by molar-refractivity contribution is 5.26. The van der Waals surface area contributed by atoms with Gasteiger partial charge in [0, 0.05) is 30.9 Å². The van der Waals surface area contributed by atoms with Gasteiger partial charge in [-0.1, -0.05) is 0 Å². The summed E-state index contributed by atoms with van der Waals surface area (Å²) < 4.78 is 1.92. The maximum atomic E-state index is 4.13. The molecule has 2 rings (SSSR count). The lowest BCUT2D eigenvalue weighted by Crippen LogP contribution is -2.37. The largest absolute Gasteiger partial charge is 0.312 e. The van der Waals surface area contributed by atoms with E-state index in [-0.39, 0.29) is 5.54 Å². The summed E-state index contributed by atoms with van der Waals surface area (Å²) in [6, 6.07) is 1.89. The number of hydrogen-bond acceptors (Lipinski definition) is 4. The van der Waals surface area contributed by atoms with Crippen molar-refractivity contribution in [1.29, 1.82) is 0 Å². The zero-order chi connectivity index (χ0) is 11.6. The Morgan fingerprint density at radius 2 is 2.12 bits per heavy atom. The van der Waals surface area contributed by atoms with Crippen LogP contribution in [0.1, 0.15) is 26.6 Å². The Labute approximate surface area is 94.9 Å². The van der Waals surface area contributed by atoms with Crippen LogP contribution >= 0.6 is 0 Å². The van der Waals surface area contributed by atoms with Crippen LogP contribution < -0.4 is 5.32 Å². The fourth-order valence-electron chi connectivity index (χ4n) is 1.51. The molecule has 2 heterocycles. The third kappa shape index (κ3) is 2.55. The molecule has 5 heteroatoms. The Morgan fingerprint density at radius 3 is 2.88 bits per heavy atom. The Kier molecular flexibility index (Phi) is 2.87. The number of nitrogens with zero attached hydrogens (tertiary/aromatic N) is 4. The van der Waals surface area contributed by atoms with Crippen LogP contribution in [0.3, 0.4) is 0 Å². The molecule has 1 N–H and O–H groups in total. The van der Waals surface area contributed by atoms with Crippen molar-refractivity contribution in [2.45, 2.75) is 32.7 Å². The molecule has 16 heavy (non-hydrogen) atoms. The van der Waals surface area contributed by atoms with Crippen LogP contribution in [-0.4, -0.2) is 31.7 Å². The monoisotopic (exact) mass is 219 g/mol. The van der Waals surface area contributed by atoms with Crippen LogP contribution in [0, 0.1) is 0 Å². The second kappa shape index (κ2) is 4.17. The van der Waals surface area contributed by atoms with Crippen molar-refractivity contribution in [3.8, 4) is 0 Å². The van der Waals surface area contributed by atoms with Gasteiger partial charge in [-0.25, -0.2) is 4.98 Å². The number of nitrogens with one attached hydrogen (secondary N) is 1. The van der Waals surface area contributed by atoms with Crippen LogP contribution in [0.5, 0.6) is 0 Å². The van der Waals surface area contributed by atoms with E-state index in [2.05, 4.69) is 41.3 Å². The molecule has 0 aliphatic heterocycles. The van der Waals surface area contributed by atoms with Gasteiger partial charge in [-0.2, -0.15) is 0 Å². The van der Waals surface area contributed by atoms with Crippen molar-refractivity contribution in [2.75, 3.05) is 6.54 Å². The summed E-state index contributed by atoms with van der Waals surface area (Å²) in [6.45, 7) is 7.34. The lowest BCUT2D eigenvalue weighted by molar-refractivity contribution is 0.427. The molecule has 0 amide bonds. The predicted molar refractivity (Wildman–Crippen MR) is 62.2 cm³/mol. The molecule has 0 radical (unpaired) electrons. The summed E-state index contributed by atoms with van der Waals surface area (Å²) in [7, 11) is 0. The average molecular weight is 219 g/mol. The Balaban J connectivity index is 2.05. The van der Waals surface area contributed by atoms with Gasteiger partial charge < -0.3 is 5.32 Å². The Hall–Kier alpha value is -1.49. The summed E-state index contributed by atoms with van der Waals surface area (Å²) >= 11 is 0. The standard InChI is InChI=1S/C11H17N5/c1-11(2,3)13-7-5-9-14-15-10-12-6-4-8-16(9)10/h4,6,8,13H,5,7H2,1-3H3.